The highest BCUT2D eigenvalue weighted by molar-refractivity contribution is 5.63. The van der Waals surface area contributed by atoms with Crippen molar-refractivity contribution in [3.63, 3.8) is 0 Å². The van der Waals surface area contributed by atoms with E-state index in [1.807, 2.05) is 0 Å². The van der Waals surface area contributed by atoms with Crippen LogP contribution in [0.1, 0.15) is 12.0 Å². The molecule has 1 aliphatic rings. The second-order valence-corrected chi connectivity index (χ2v) is 5.10. The molecule has 3 heteroatoms. The van der Waals surface area contributed by atoms with E-state index in [1.165, 1.54) is 29.8 Å². The number of nitrogens with one attached hydrogen (secondary N) is 1. The summed E-state index contributed by atoms with van der Waals surface area (Å²) in [5.74, 6) is 0. The highest BCUT2D eigenvalue weighted by atomic mass is 15.1. The fourth-order valence-electron chi connectivity index (χ4n) is 2.30. The number of rotatable bonds is 5. The van der Waals surface area contributed by atoms with Gasteiger partial charge in [0.2, 0.25) is 0 Å². The van der Waals surface area contributed by atoms with Crippen molar-refractivity contribution in [2.45, 2.75) is 12.8 Å². The van der Waals surface area contributed by atoms with Crippen LogP contribution in [-0.2, 0) is 6.42 Å². The van der Waals surface area contributed by atoms with Gasteiger partial charge in [-0.1, -0.05) is 0 Å². The van der Waals surface area contributed by atoms with Crippen LogP contribution in [0.5, 0.6) is 0 Å². The fraction of sp³-hybridized carbons (Fsp3) is 0.571. The molecule has 0 radical (unpaired) electrons. The lowest BCUT2D eigenvalue weighted by Gasteiger charge is -2.13. The molecule has 94 valence electrons. The lowest BCUT2D eigenvalue weighted by Crippen LogP contribution is -2.16. The zero-order valence-corrected chi connectivity index (χ0v) is 11.2. The second-order valence-electron chi connectivity index (χ2n) is 5.10. The Bertz CT molecular complexity index is 374. The molecule has 2 rings (SSSR count). The molecule has 0 atom stereocenters. The molecule has 0 bridgehead atoms. The van der Waals surface area contributed by atoms with Crippen molar-refractivity contribution in [3.8, 4) is 0 Å². The van der Waals surface area contributed by atoms with E-state index in [2.05, 4.69) is 54.5 Å². The van der Waals surface area contributed by atoms with Gasteiger partial charge in [-0.05, 0) is 57.2 Å². The monoisotopic (exact) mass is 233 g/mol. The quantitative estimate of drug-likeness (QED) is 0.785. The van der Waals surface area contributed by atoms with Gasteiger partial charge in [0.05, 0.1) is 0 Å². The summed E-state index contributed by atoms with van der Waals surface area (Å²) >= 11 is 0. The molecular formula is C14H23N3. The maximum absolute atomic E-state index is 3.50. The SMILES string of the molecule is CN(C)CCCNc1ccc2c(c1)CCN2C. The van der Waals surface area contributed by atoms with Crippen LogP contribution < -0.4 is 10.2 Å². The average molecular weight is 233 g/mol. The van der Waals surface area contributed by atoms with Gasteiger partial charge in [0.1, 0.15) is 0 Å². The standard InChI is InChI=1S/C14H23N3/c1-16(2)9-4-8-15-13-5-6-14-12(11-13)7-10-17(14)3/h5-6,11,15H,4,7-10H2,1-3H3. The number of anilines is 2. The topological polar surface area (TPSA) is 18.5 Å². The largest absolute Gasteiger partial charge is 0.385 e. The zero-order valence-electron chi connectivity index (χ0n) is 11.2. The summed E-state index contributed by atoms with van der Waals surface area (Å²) in [6.07, 6.45) is 2.36. The molecule has 0 aromatic heterocycles. The van der Waals surface area contributed by atoms with Gasteiger partial charge in [0.25, 0.3) is 0 Å². The third-order valence-electron chi connectivity index (χ3n) is 3.32. The average Bonchev–Trinajstić information content (AvgIpc) is 2.66. The van der Waals surface area contributed by atoms with E-state index in [-0.39, 0.29) is 0 Å². The molecule has 0 unspecified atom stereocenters. The van der Waals surface area contributed by atoms with Crippen molar-refractivity contribution in [2.24, 2.45) is 0 Å². The first-order valence-corrected chi connectivity index (χ1v) is 6.39. The van der Waals surface area contributed by atoms with Crippen molar-refractivity contribution in [3.05, 3.63) is 23.8 Å². The number of likely N-dealkylation sites (N-methyl/N-ethyl adjacent to an activating group) is 1. The summed E-state index contributed by atoms with van der Waals surface area (Å²) in [6, 6.07) is 6.72. The Balaban J connectivity index is 1.86. The summed E-state index contributed by atoms with van der Waals surface area (Å²) < 4.78 is 0. The maximum atomic E-state index is 3.50. The van der Waals surface area contributed by atoms with Crippen molar-refractivity contribution in [2.75, 3.05) is 51.0 Å². The first kappa shape index (κ1) is 12.2. The molecule has 1 aliphatic heterocycles. The summed E-state index contributed by atoms with van der Waals surface area (Å²) in [4.78, 5) is 4.55. The van der Waals surface area contributed by atoms with E-state index in [9.17, 15) is 0 Å². The molecule has 0 spiro atoms. The zero-order chi connectivity index (χ0) is 12.3. The first-order chi connectivity index (χ1) is 8.16. The molecule has 0 aliphatic carbocycles. The Morgan fingerprint density at radius 2 is 2.18 bits per heavy atom. The molecule has 1 aromatic carbocycles. The minimum atomic E-state index is 1.05. The van der Waals surface area contributed by atoms with E-state index in [0.29, 0.717) is 0 Å². The summed E-state index contributed by atoms with van der Waals surface area (Å²) in [7, 11) is 6.40. The van der Waals surface area contributed by atoms with Gasteiger partial charge in [-0.3, -0.25) is 0 Å². The Labute approximate surface area is 104 Å². The highest BCUT2D eigenvalue weighted by Gasteiger charge is 2.15. The molecule has 0 amide bonds. The summed E-state index contributed by atoms with van der Waals surface area (Å²) in [5.41, 5.74) is 4.13. The van der Waals surface area contributed by atoms with Crippen LogP contribution in [0.3, 0.4) is 0 Å². The fourth-order valence-corrected chi connectivity index (χ4v) is 2.30. The molecule has 17 heavy (non-hydrogen) atoms. The molecular weight excluding hydrogens is 210 g/mol. The third-order valence-corrected chi connectivity index (χ3v) is 3.32. The van der Waals surface area contributed by atoms with Crippen LogP contribution in [0.25, 0.3) is 0 Å². The van der Waals surface area contributed by atoms with Crippen LogP contribution in [0.4, 0.5) is 11.4 Å². The van der Waals surface area contributed by atoms with Crippen LogP contribution in [0.2, 0.25) is 0 Å². The number of benzene rings is 1. The van der Waals surface area contributed by atoms with Gasteiger partial charge in [-0.15, -0.1) is 0 Å². The lowest BCUT2D eigenvalue weighted by molar-refractivity contribution is 0.405. The summed E-state index contributed by atoms with van der Waals surface area (Å²) in [5, 5.41) is 3.50. The number of nitrogens with zero attached hydrogens (tertiary/aromatic N) is 2. The van der Waals surface area contributed by atoms with E-state index < -0.39 is 0 Å². The molecule has 0 fully saturated rings. The third kappa shape index (κ3) is 3.13. The Morgan fingerprint density at radius 1 is 1.35 bits per heavy atom. The van der Waals surface area contributed by atoms with Crippen LogP contribution in [-0.4, -0.2) is 45.7 Å². The first-order valence-electron chi connectivity index (χ1n) is 6.39. The van der Waals surface area contributed by atoms with Gasteiger partial charge in [-0.25, -0.2) is 0 Å². The minimum absolute atomic E-state index is 1.05. The van der Waals surface area contributed by atoms with Crippen molar-refractivity contribution in [1.82, 2.24) is 4.90 Å². The number of hydrogen-bond donors (Lipinski definition) is 1. The number of hydrogen-bond acceptors (Lipinski definition) is 3. The van der Waals surface area contributed by atoms with E-state index in [4.69, 9.17) is 0 Å². The molecule has 0 saturated heterocycles. The highest BCUT2D eigenvalue weighted by Crippen LogP contribution is 2.28. The maximum Gasteiger partial charge on any atom is 0.0398 e. The predicted molar refractivity (Wildman–Crippen MR) is 75.1 cm³/mol. The van der Waals surface area contributed by atoms with E-state index in [1.54, 1.807) is 0 Å². The lowest BCUT2D eigenvalue weighted by atomic mass is 10.1. The van der Waals surface area contributed by atoms with Crippen molar-refractivity contribution >= 4 is 11.4 Å². The van der Waals surface area contributed by atoms with Crippen LogP contribution in [0, 0.1) is 0 Å². The van der Waals surface area contributed by atoms with E-state index in [0.717, 1.165) is 19.6 Å². The summed E-state index contributed by atoms with van der Waals surface area (Å²) in [6.45, 7) is 3.34. The van der Waals surface area contributed by atoms with Gasteiger partial charge in [0, 0.05) is 31.5 Å². The minimum Gasteiger partial charge on any atom is -0.385 e. The molecule has 3 nitrogen and oxygen atoms in total. The van der Waals surface area contributed by atoms with Gasteiger partial charge >= 0.3 is 0 Å². The predicted octanol–water partition coefficient (Wildman–Crippen LogP) is 2.04. The molecule has 1 aromatic rings. The molecule has 1 heterocycles. The smallest absolute Gasteiger partial charge is 0.0398 e. The molecule has 0 saturated carbocycles. The van der Waals surface area contributed by atoms with E-state index >= 15 is 0 Å². The van der Waals surface area contributed by atoms with Crippen molar-refractivity contribution < 1.29 is 0 Å². The second kappa shape index (κ2) is 5.41. The Kier molecular flexibility index (Phi) is 3.89. The van der Waals surface area contributed by atoms with Gasteiger partial charge in [0.15, 0.2) is 0 Å². The van der Waals surface area contributed by atoms with Crippen LogP contribution in [0.15, 0.2) is 18.2 Å². The van der Waals surface area contributed by atoms with Gasteiger partial charge < -0.3 is 15.1 Å². The normalized spacial score (nSPS) is 14.2. The Morgan fingerprint density at radius 3 is 2.94 bits per heavy atom. The molecule has 1 N–H and O–H groups in total. The van der Waals surface area contributed by atoms with Crippen LogP contribution >= 0.6 is 0 Å². The Hall–Kier alpha value is -1.22. The van der Waals surface area contributed by atoms with Crippen molar-refractivity contribution in [1.29, 1.82) is 0 Å². The number of fused-ring (bicyclic) bond motifs is 1. The van der Waals surface area contributed by atoms with Gasteiger partial charge in [-0.2, -0.15) is 0 Å².